The van der Waals surface area contributed by atoms with Crippen molar-refractivity contribution in [2.45, 2.75) is 41.1 Å². The van der Waals surface area contributed by atoms with Crippen LogP contribution in [-0.4, -0.2) is 57.9 Å². The highest BCUT2D eigenvalue weighted by Crippen LogP contribution is 2.29. The maximum absolute atomic E-state index is 11.6. The van der Waals surface area contributed by atoms with Gasteiger partial charge in [-0.2, -0.15) is 0 Å². The van der Waals surface area contributed by atoms with Gasteiger partial charge in [0.1, 0.15) is 0 Å². The monoisotopic (exact) mass is 443 g/mol. The van der Waals surface area contributed by atoms with Crippen molar-refractivity contribution in [3.8, 4) is 0 Å². The zero-order chi connectivity index (χ0) is 21.0. The first kappa shape index (κ1) is 21.0. The van der Waals surface area contributed by atoms with Crippen LogP contribution in [0.3, 0.4) is 0 Å². The van der Waals surface area contributed by atoms with Gasteiger partial charge >= 0.3 is 0 Å². The molecule has 0 aliphatic carbocycles. The Morgan fingerprint density at radius 3 is 2.50 bits per heavy atom. The normalized spacial score (nSPS) is 16.0. The van der Waals surface area contributed by atoms with Crippen LogP contribution in [0.25, 0.3) is 0 Å². The number of thioether (sulfide) groups is 1. The molecular formula is C21H25N5O2S2. The van der Waals surface area contributed by atoms with E-state index in [1.54, 1.807) is 16.8 Å². The van der Waals surface area contributed by atoms with Gasteiger partial charge in [-0.3, -0.25) is 4.90 Å². The number of piperidine rings is 1. The molecule has 30 heavy (non-hydrogen) atoms. The van der Waals surface area contributed by atoms with Gasteiger partial charge in [0.05, 0.1) is 28.4 Å². The van der Waals surface area contributed by atoms with E-state index in [0.29, 0.717) is 16.7 Å². The molecule has 0 saturated carbocycles. The molecule has 158 valence electrons. The van der Waals surface area contributed by atoms with Crippen LogP contribution in [0.15, 0.2) is 64.8 Å². The molecule has 0 bridgehead atoms. The highest BCUT2D eigenvalue weighted by molar-refractivity contribution is 7.99. The molecule has 0 atom stereocenters. The summed E-state index contributed by atoms with van der Waals surface area (Å²) in [6.07, 6.45) is 7.32. The van der Waals surface area contributed by atoms with Crippen molar-refractivity contribution in [3.63, 3.8) is 0 Å². The van der Waals surface area contributed by atoms with E-state index in [0.717, 1.165) is 48.8 Å². The SMILES string of the molecule is CS(=O)(=O)c1ccc(Cn2cc(CN3CCC(Sc4ccccn4)CC3)nn2)cc1. The molecule has 1 aromatic carbocycles. The van der Waals surface area contributed by atoms with Crippen molar-refractivity contribution in [1.29, 1.82) is 0 Å². The predicted molar refractivity (Wildman–Crippen MR) is 117 cm³/mol. The molecule has 0 radical (unpaired) electrons. The lowest BCUT2D eigenvalue weighted by atomic mass is 10.1. The molecule has 0 N–H and O–H groups in total. The minimum Gasteiger partial charge on any atom is -0.297 e. The van der Waals surface area contributed by atoms with Crippen LogP contribution in [-0.2, 0) is 22.9 Å². The third-order valence-electron chi connectivity index (χ3n) is 5.13. The van der Waals surface area contributed by atoms with Gasteiger partial charge in [-0.1, -0.05) is 23.4 Å². The maximum atomic E-state index is 11.6. The molecule has 1 saturated heterocycles. The Morgan fingerprint density at radius 2 is 1.83 bits per heavy atom. The van der Waals surface area contributed by atoms with E-state index in [-0.39, 0.29) is 0 Å². The first-order valence-corrected chi connectivity index (χ1v) is 12.7. The van der Waals surface area contributed by atoms with Gasteiger partial charge < -0.3 is 0 Å². The molecule has 0 spiro atoms. The molecule has 7 nitrogen and oxygen atoms in total. The fraction of sp³-hybridized carbons (Fsp3) is 0.381. The Bertz CT molecular complexity index is 1060. The molecule has 0 unspecified atom stereocenters. The van der Waals surface area contributed by atoms with Gasteiger partial charge in [-0.15, -0.1) is 16.9 Å². The van der Waals surface area contributed by atoms with Crippen LogP contribution in [0.2, 0.25) is 0 Å². The number of likely N-dealkylation sites (tertiary alicyclic amines) is 1. The minimum absolute atomic E-state index is 0.329. The average Bonchev–Trinajstić information content (AvgIpc) is 3.17. The summed E-state index contributed by atoms with van der Waals surface area (Å²) in [4.78, 5) is 7.16. The van der Waals surface area contributed by atoms with Crippen molar-refractivity contribution in [3.05, 3.63) is 66.1 Å². The van der Waals surface area contributed by atoms with Crippen molar-refractivity contribution in [2.24, 2.45) is 0 Å². The number of sulfone groups is 1. The van der Waals surface area contributed by atoms with Gasteiger partial charge in [0.25, 0.3) is 0 Å². The third-order valence-corrected chi connectivity index (χ3v) is 7.54. The van der Waals surface area contributed by atoms with E-state index in [9.17, 15) is 8.42 Å². The second kappa shape index (κ2) is 9.28. The highest BCUT2D eigenvalue weighted by Gasteiger charge is 2.21. The number of nitrogens with zero attached hydrogens (tertiary/aromatic N) is 5. The lowest BCUT2D eigenvalue weighted by molar-refractivity contribution is 0.222. The third kappa shape index (κ3) is 5.68. The molecule has 1 aliphatic rings. The summed E-state index contributed by atoms with van der Waals surface area (Å²) in [5, 5.41) is 10.3. The highest BCUT2D eigenvalue weighted by atomic mass is 32.2. The van der Waals surface area contributed by atoms with E-state index in [1.807, 2.05) is 48.4 Å². The number of aromatic nitrogens is 4. The smallest absolute Gasteiger partial charge is 0.175 e. The molecule has 3 heterocycles. The number of rotatable bonds is 7. The topological polar surface area (TPSA) is 81.0 Å². The molecule has 1 fully saturated rings. The van der Waals surface area contributed by atoms with Crippen LogP contribution >= 0.6 is 11.8 Å². The lowest BCUT2D eigenvalue weighted by Gasteiger charge is -2.30. The Balaban J connectivity index is 1.27. The van der Waals surface area contributed by atoms with E-state index in [4.69, 9.17) is 0 Å². The average molecular weight is 444 g/mol. The van der Waals surface area contributed by atoms with Crippen LogP contribution in [0.5, 0.6) is 0 Å². The van der Waals surface area contributed by atoms with Gasteiger partial charge in [-0.05, 0) is 55.8 Å². The first-order valence-electron chi connectivity index (χ1n) is 9.94. The van der Waals surface area contributed by atoms with Crippen molar-refractivity contribution in [1.82, 2.24) is 24.9 Å². The molecule has 2 aromatic heterocycles. The standard InChI is InChI=1S/C21H25N5O2S2/c1-30(27,28)20-7-5-17(6-8-20)14-26-16-18(23-24-26)15-25-12-9-19(10-13-25)29-21-4-2-3-11-22-21/h2-8,11,16,19H,9-10,12-15H2,1H3. The zero-order valence-electron chi connectivity index (χ0n) is 16.9. The van der Waals surface area contributed by atoms with Gasteiger partial charge in [0.2, 0.25) is 0 Å². The zero-order valence-corrected chi connectivity index (χ0v) is 18.5. The summed E-state index contributed by atoms with van der Waals surface area (Å²) in [6, 6.07) is 13.0. The molecule has 1 aliphatic heterocycles. The summed E-state index contributed by atoms with van der Waals surface area (Å²) in [5.41, 5.74) is 1.95. The van der Waals surface area contributed by atoms with Crippen LogP contribution in [0.4, 0.5) is 0 Å². The second-order valence-electron chi connectivity index (χ2n) is 7.58. The molecule has 9 heteroatoms. The number of hydrogen-bond acceptors (Lipinski definition) is 7. The Hall–Kier alpha value is -2.23. The van der Waals surface area contributed by atoms with Crippen LogP contribution in [0, 0.1) is 0 Å². The van der Waals surface area contributed by atoms with E-state index >= 15 is 0 Å². The summed E-state index contributed by atoms with van der Waals surface area (Å²) in [7, 11) is -3.17. The summed E-state index contributed by atoms with van der Waals surface area (Å²) in [5.74, 6) is 0. The lowest BCUT2D eigenvalue weighted by Crippen LogP contribution is -2.34. The number of hydrogen-bond donors (Lipinski definition) is 0. The van der Waals surface area contributed by atoms with Gasteiger partial charge in [-0.25, -0.2) is 18.1 Å². The van der Waals surface area contributed by atoms with E-state index in [2.05, 4.69) is 26.3 Å². The van der Waals surface area contributed by atoms with Crippen molar-refractivity contribution in [2.75, 3.05) is 19.3 Å². The summed E-state index contributed by atoms with van der Waals surface area (Å²) in [6.45, 7) is 3.46. The molecule has 3 aromatic rings. The fourth-order valence-electron chi connectivity index (χ4n) is 3.52. The fourth-order valence-corrected chi connectivity index (χ4v) is 5.22. The maximum Gasteiger partial charge on any atom is 0.175 e. The van der Waals surface area contributed by atoms with E-state index in [1.165, 1.54) is 6.26 Å². The van der Waals surface area contributed by atoms with Crippen LogP contribution in [0.1, 0.15) is 24.1 Å². The molecule has 0 amide bonds. The second-order valence-corrected chi connectivity index (χ2v) is 10.9. The number of benzene rings is 1. The Morgan fingerprint density at radius 1 is 1.07 bits per heavy atom. The molecular weight excluding hydrogens is 418 g/mol. The van der Waals surface area contributed by atoms with Gasteiger partial charge in [0.15, 0.2) is 9.84 Å². The number of pyridine rings is 1. The first-order chi connectivity index (χ1) is 14.5. The van der Waals surface area contributed by atoms with Crippen LogP contribution < -0.4 is 0 Å². The largest absolute Gasteiger partial charge is 0.297 e. The minimum atomic E-state index is -3.17. The predicted octanol–water partition coefficient (Wildman–Crippen LogP) is 2.88. The molecule has 4 rings (SSSR count). The van der Waals surface area contributed by atoms with E-state index < -0.39 is 9.84 Å². The Labute approximate surface area is 181 Å². The van der Waals surface area contributed by atoms with Crippen molar-refractivity contribution >= 4 is 21.6 Å². The van der Waals surface area contributed by atoms with Crippen molar-refractivity contribution < 1.29 is 8.42 Å². The van der Waals surface area contributed by atoms with Gasteiger partial charge in [0, 0.05) is 24.2 Å². The summed E-state index contributed by atoms with van der Waals surface area (Å²) >= 11 is 1.87. The Kier molecular flexibility index (Phi) is 6.50. The quantitative estimate of drug-likeness (QED) is 0.555. The summed E-state index contributed by atoms with van der Waals surface area (Å²) < 4.78 is 24.9.